The number of rotatable bonds is 4. The minimum atomic E-state index is -3.65. The first-order valence-electron chi connectivity index (χ1n) is 7.37. The van der Waals surface area contributed by atoms with Crippen molar-refractivity contribution in [2.45, 2.75) is 55.9 Å². The first kappa shape index (κ1) is 16.4. The summed E-state index contributed by atoms with van der Waals surface area (Å²) in [6.07, 6.45) is 6.04. The maximum atomic E-state index is 13.1. The minimum Gasteiger partial charge on any atom is -0.324 e. The number of nitrogens with two attached hydrogens (primary N) is 1. The predicted molar refractivity (Wildman–Crippen MR) is 80.9 cm³/mol. The topological polar surface area (TPSA) is 72.2 Å². The summed E-state index contributed by atoms with van der Waals surface area (Å²) in [4.78, 5) is 0.112. The van der Waals surface area contributed by atoms with Crippen molar-refractivity contribution < 1.29 is 12.8 Å². The standard InChI is InChI=1S/C15H23FN2O2S/c1-12-10-13(16)6-7-14(12)21(19,20)18-11-15(17)8-4-2-3-5-9-15/h6-7,10,18H,2-5,8-9,11,17H2,1H3. The van der Waals surface area contributed by atoms with Crippen molar-refractivity contribution in [2.75, 3.05) is 6.54 Å². The molecule has 0 bridgehead atoms. The quantitative estimate of drug-likeness (QED) is 0.839. The van der Waals surface area contributed by atoms with Crippen LogP contribution in [-0.2, 0) is 10.0 Å². The third-order valence-corrected chi connectivity index (χ3v) is 5.70. The fourth-order valence-corrected chi connectivity index (χ4v) is 4.20. The largest absolute Gasteiger partial charge is 0.324 e. The lowest BCUT2D eigenvalue weighted by Crippen LogP contribution is -2.49. The van der Waals surface area contributed by atoms with E-state index in [0.29, 0.717) is 5.56 Å². The molecule has 1 fully saturated rings. The summed E-state index contributed by atoms with van der Waals surface area (Å²) < 4.78 is 40.4. The van der Waals surface area contributed by atoms with E-state index in [0.717, 1.165) is 44.6 Å². The highest BCUT2D eigenvalue weighted by Crippen LogP contribution is 2.25. The number of nitrogens with one attached hydrogen (secondary N) is 1. The van der Waals surface area contributed by atoms with Gasteiger partial charge in [-0.15, -0.1) is 0 Å². The maximum Gasteiger partial charge on any atom is 0.240 e. The van der Waals surface area contributed by atoms with E-state index in [1.165, 1.54) is 12.1 Å². The molecule has 0 aliphatic heterocycles. The lowest BCUT2D eigenvalue weighted by atomic mass is 9.92. The molecule has 0 radical (unpaired) electrons. The highest BCUT2D eigenvalue weighted by Gasteiger charge is 2.28. The van der Waals surface area contributed by atoms with E-state index in [9.17, 15) is 12.8 Å². The van der Waals surface area contributed by atoms with Crippen LogP contribution in [0.25, 0.3) is 0 Å². The molecule has 1 aromatic rings. The summed E-state index contributed by atoms with van der Waals surface area (Å²) >= 11 is 0. The maximum absolute atomic E-state index is 13.1. The Balaban J connectivity index is 2.10. The summed E-state index contributed by atoms with van der Waals surface area (Å²) in [5, 5.41) is 0. The van der Waals surface area contributed by atoms with Crippen molar-refractivity contribution in [3.8, 4) is 0 Å². The molecular formula is C15H23FN2O2S. The van der Waals surface area contributed by atoms with Gasteiger partial charge < -0.3 is 5.73 Å². The number of halogens is 1. The monoisotopic (exact) mass is 314 g/mol. The number of hydrogen-bond acceptors (Lipinski definition) is 3. The van der Waals surface area contributed by atoms with Gasteiger partial charge in [0, 0.05) is 12.1 Å². The zero-order valence-electron chi connectivity index (χ0n) is 12.4. The second-order valence-electron chi connectivity index (χ2n) is 6.01. The third-order valence-electron chi connectivity index (χ3n) is 4.14. The summed E-state index contributed by atoms with van der Waals surface area (Å²) in [7, 11) is -3.65. The van der Waals surface area contributed by atoms with Gasteiger partial charge in [0.2, 0.25) is 10.0 Å². The minimum absolute atomic E-state index is 0.112. The Bertz CT molecular complexity index is 594. The van der Waals surface area contributed by atoms with E-state index in [-0.39, 0.29) is 11.4 Å². The van der Waals surface area contributed by atoms with Gasteiger partial charge in [-0.3, -0.25) is 0 Å². The van der Waals surface area contributed by atoms with Crippen LogP contribution in [0.1, 0.15) is 44.1 Å². The first-order chi connectivity index (χ1) is 9.82. The lowest BCUT2D eigenvalue weighted by Gasteiger charge is -2.28. The van der Waals surface area contributed by atoms with Crippen LogP contribution in [0.5, 0.6) is 0 Å². The molecule has 0 spiro atoms. The average molecular weight is 314 g/mol. The molecule has 3 N–H and O–H groups in total. The van der Waals surface area contributed by atoms with Crippen LogP contribution in [0, 0.1) is 12.7 Å². The van der Waals surface area contributed by atoms with Crippen LogP contribution >= 0.6 is 0 Å². The Kier molecular flexibility index (Phi) is 5.01. The molecular weight excluding hydrogens is 291 g/mol. The summed E-state index contributed by atoms with van der Waals surface area (Å²) in [6, 6.07) is 3.67. The molecule has 21 heavy (non-hydrogen) atoms. The number of benzene rings is 1. The van der Waals surface area contributed by atoms with E-state index in [1.54, 1.807) is 6.92 Å². The van der Waals surface area contributed by atoms with Crippen molar-refractivity contribution in [3.05, 3.63) is 29.6 Å². The molecule has 4 nitrogen and oxygen atoms in total. The van der Waals surface area contributed by atoms with Crippen LogP contribution in [0.15, 0.2) is 23.1 Å². The molecule has 0 atom stereocenters. The molecule has 2 rings (SSSR count). The van der Waals surface area contributed by atoms with Gasteiger partial charge in [-0.1, -0.05) is 25.7 Å². The Morgan fingerprint density at radius 3 is 2.43 bits per heavy atom. The normalized spacial score (nSPS) is 19.2. The van der Waals surface area contributed by atoms with Gasteiger partial charge in [0.1, 0.15) is 5.82 Å². The highest BCUT2D eigenvalue weighted by molar-refractivity contribution is 7.89. The van der Waals surface area contributed by atoms with E-state index >= 15 is 0 Å². The second-order valence-corrected chi connectivity index (χ2v) is 7.75. The molecule has 1 saturated carbocycles. The second kappa shape index (κ2) is 6.42. The van der Waals surface area contributed by atoms with Gasteiger partial charge >= 0.3 is 0 Å². The zero-order valence-corrected chi connectivity index (χ0v) is 13.2. The van der Waals surface area contributed by atoms with Crippen LogP contribution in [0.4, 0.5) is 4.39 Å². The van der Waals surface area contributed by atoms with Gasteiger partial charge in [-0.2, -0.15) is 0 Å². The van der Waals surface area contributed by atoms with E-state index in [1.807, 2.05) is 0 Å². The Morgan fingerprint density at radius 2 is 1.86 bits per heavy atom. The van der Waals surface area contributed by atoms with Crippen molar-refractivity contribution in [1.82, 2.24) is 4.72 Å². The molecule has 0 aromatic heterocycles. The summed E-state index contributed by atoms with van der Waals surface area (Å²) in [6.45, 7) is 1.81. The SMILES string of the molecule is Cc1cc(F)ccc1S(=O)(=O)NCC1(N)CCCCCC1. The van der Waals surface area contributed by atoms with E-state index in [2.05, 4.69) is 4.72 Å². The molecule has 1 aliphatic carbocycles. The zero-order chi connectivity index (χ0) is 15.5. The number of hydrogen-bond donors (Lipinski definition) is 2. The first-order valence-corrected chi connectivity index (χ1v) is 8.85. The molecule has 1 aliphatic rings. The molecule has 1 aromatic carbocycles. The predicted octanol–water partition coefficient (Wildman–Crippen LogP) is 2.46. The van der Waals surface area contributed by atoms with Crippen molar-refractivity contribution in [1.29, 1.82) is 0 Å². The summed E-state index contributed by atoms with van der Waals surface area (Å²) in [5.74, 6) is -0.439. The average Bonchev–Trinajstić information content (AvgIpc) is 2.62. The van der Waals surface area contributed by atoms with Gasteiger partial charge in [0.25, 0.3) is 0 Å². The fourth-order valence-electron chi connectivity index (χ4n) is 2.84. The molecule has 0 unspecified atom stereocenters. The van der Waals surface area contributed by atoms with E-state index < -0.39 is 21.4 Å². The molecule has 0 saturated heterocycles. The number of aryl methyl sites for hydroxylation is 1. The van der Waals surface area contributed by atoms with Crippen LogP contribution in [0.3, 0.4) is 0 Å². The lowest BCUT2D eigenvalue weighted by molar-refractivity contribution is 0.369. The van der Waals surface area contributed by atoms with Gasteiger partial charge in [0.15, 0.2) is 0 Å². The molecule has 0 heterocycles. The van der Waals surface area contributed by atoms with Crippen molar-refractivity contribution in [3.63, 3.8) is 0 Å². The number of sulfonamides is 1. The van der Waals surface area contributed by atoms with Crippen LogP contribution in [-0.4, -0.2) is 20.5 Å². The van der Waals surface area contributed by atoms with E-state index in [4.69, 9.17) is 5.73 Å². The Morgan fingerprint density at radius 1 is 1.24 bits per heavy atom. The van der Waals surface area contributed by atoms with Gasteiger partial charge in [-0.25, -0.2) is 17.5 Å². The van der Waals surface area contributed by atoms with Crippen LogP contribution < -0.4 is 10.5 Å². The van der Waals surface area contributed by atoms with Crippen LogP contribution in [0.2, 0.25) is 0 Å². The van der Waals surface area contributed by atoms with Crippen molar-refractivity contribution in [2.24, 2.45) is 5.73 Å². The Labute approximate surface area is 126 Å². The van der Waals surface area contributed by atoms with Gasteiger partial charge in [-0.05, 0) is 43.5 Å². The van der Waals surface area contributed by atoms with Gasteiger partial charge in [0.05, 0.1) is 4.90 Å². The molecule has 118 valence electrons. The summed E-state index contributed by atoms with van der Waals surface area (Å²) in [5.41, 5.74) is 6.24. The molecule has 6 heteroatoms. The van der Waals surface area contributed by atoms with Crippen molar-refractivity contribution >= 4 is 10.0 Å². The Hall–Kier alpha value is -0.980. The third kappa shape index (κ3) is 4.25. The fraction of sp³-hybridized carbons (Fsp3) is 0.600. The smallest absolute Gasteiger partial charge is 0.240 e. The molecule has 0 amide bonds. The highest BCUT2D eigenvalue weighted by atomic mass is 32.2.